The third kappa shape index (κ3) is 2.92. The molecule has 2 aliphatic rings. The molecule has 3 rings (SSSR count). The van der Waals surface area contributed by atoms with Gasteiger partial charge in [-0.25, -0.2) is 0 Å². The van der Waals surface area contributed by atoms with Gasteiger partial charge >= 0.3 is 0 Å². The van der Waals surface area contributed by atoms with E-state index in [4.69, 9.17) is 4.98 Å². The number of rotatable bonds is 5. The summed E-state index contributed by atoms with van der Waals surface area (Å²) in [5.74, 6) is 0. The van der Waals surface area contributed by atoms with Crippen molar-refractivity contribution in [2.45, 2.75) is 70.2 Å². The highest BCUT2D eigenvalue weighted by atomic mass is 16.3. The summed E-state index contributed by atoms with van der Waals surface area (Å²) >= 11 is 0. The van der Waals surface area contributed by atoms with Gasteiger partial charge in [0.25, 0.3) is 0 Å². The van der Waals surface area contributed by atoms with E-state index in [1.807, 2.05) is 6.20 Å². The minimum Gasteiger partial charge on any atom is -0.393 e. The van der Waals surface area contributed by atoms with Crippen molar-refractivity contribution in [3.63, 3.8) is 0 Å². The Balaban J connectivity index is 1.75. The molecule has 0 amide bonds. The zero-order valence-corrected chi connectivity index (χ0v) is 13.1. The van der Waals surface area contributed by atoms with Gasteiger partial charge in [-0.3, -0.25) is 4.98 Å². The second kappa shape index (κ2) is 6.32. The van der Waals surface area contributed by atoms with Gasteiger partial charge < -0.3 is 15.3 Å². The van der Waals surface area contributed by atoms with Crippen LogP contribution in [-0.2, 0) is 0 Å². The van der Waals surface area contributed by atoms with Gasteiger partial charge in [0.2, 0.25) is 0 Å². The van der Waals surface area contributed by atoms with Gasteiger partial charge in [0, 0.05) is 18.1 Å². The molecule has 1 aromatic rings. The van der Waals surface area contributed by atoms with E-state index < -0.39 is 0 Å². The van der Waals surface area contributed by atoms with Crippen LogP contribution >= 0.6 is 0 Å². The topological polar surface area (TPSA) is 48.4 Å². The van der Waals surface area contributed by atoms with E-state index in [2.05, 4.69) is 36.2 Å². The molecule has 2 aliphatic heterocycles. The number of pyridine rings is 1. The van der Waals surface area contributed by atoms with E-state index in [9.17, 15) is 5.11 Å². The molecule has 0 radical (unpaired) electrons. The predicted molar refractivity (Wildman–Crippen MR) is 85.5 cm³/mol. The van der Waals surface area contributed by atoms with E-state index in [1.165, 1.54) is 18.5 Å². The van der Waals surface area contributed by atoms with Gasteiger partial charge in [-0.2, -0.15) is 0 Å². The molecule has 116 valence electrons. The highest BCUT2D eigenvalue weighted by Gasteiger charge is 2.40. The SMILES string of the molecule is CCNC(CC)c1ccc(N2C3CCC2CC(O)C3)cn1. The van der Waals surface area contributed by atoms with Crippen LogP contribution in [0, 0.1) is 0 Å². The lowest BCUT2D eigenvalue weighted by atomic mass is 9.99. The first kappa shape index (κ1) is 14.8. The lowest BCUT2D eigenvalue weighted by molar-refractivity contribution is 0.126. The summed E-state index contributed by atoms with van der Waals surface area (Å²) in [6, 6.07) is 5.73. The summed E-state index contributed by atoms with van der Waals surface area (Å²) < 4.78 is 0. The molecule has 2 fully saturated rings. The van der Waals surface area contributed by atoms with Gasteiger partial charge in [0.15, 0.2) is 0 Å². The molecule has 4 nitrogen and oxygen atoms in total. The van der Waals surface area contributed by atoms with Crippen molar-refractivity contribution in [3.05, 3.63) is 24.0 Å². The smallest absolute Gasteiger partial charge is 0.0579 e. The van der Waals surface area contributed by atoms with Gasteiger partial charge in [0.1, 0.15) is 0 Å². The van der Waals surface area contributed by atoms with E-state index in [0.29, 0.717) is 18.1 Å². The highest BCUT2D eigenvalue weighted by molar-refractivity contribution is 5.49. The van der Waals surface area contributed by atoms with Gasteiger partial charge in [-0.15, -0.1) is 0 Å². The maximum Gasteiger partial charge on any atom is 0.0579 e. The number of anilines is 1. The number of fused-ring (bicyclic) bond motifs is 2. The summed E-state index contributed by atoms with van der Waals surface area (Å²) in [4.78, 5) is 7.19. The van der Waals surface area contributed by atoms with Crippen LogP contribution in [0.15, 0.2) is 18.3 Å². The molecular weight excluding hydrogens is 262 g/mol. The molecule has 2 saturated heterocycles. The number of aromatic nitrogens is 1. The number of aliphatic hydroxyl groups excluding tert-OH is 1. The maximum absolute atomic E-state index is 9.91. The number of aliphatic hydroxyl groups is 1. The van der Waals surface area contributed by atoms with E-state index in [-0.39, 0.29) is 6.10 Å². The van der Waals surface area contributed by atoms with Crippen LogP contribution in [0.5, 0.6) is 0 Å². The summed E-state index contributed by atoms with van der Waals surface area (Å²) in [7, 11) is 0. The number of nitrogens with one attached hydrogen (secondary N) is 1. The average molecular weight is 289 g/mol. The van der Waals surface area contributed by atoms with Crippen LogP contribution in [-0.4, -0.2) is 34.8 Å². The van der Waals surface area contributed by atoms with Crippen molar-refractivity contribution < 1.29 is 5.11 Å². The molecule has 3 unspecified atom stereocenters. The fourth-order valence-electron chi connectivity index (χ4n) is 4.03. The van der Waals surface area contributed by atoms with Crippen molar-refractivity contribution in [1.82, 2.24) is 10.3 Å². The molecule has 21 heavy (non-hydrogen) atoms. The van der Waals surface area contributed by atoms with Crippen LogP contribution in [0.2, 0.25) is 0 Å². The van der Waals surface area contributed by atoms with Crippen molar-refractivity contribution in [2.24, 2.45) is 0 Å². The summed E-state index contributed by atoms with van der Waals surface area (Å²) in [5, 5.41) is 13.4. The molecule has 0 spiro atoms. The normalized spacial score (nSPS) is 29.7. The van der Waals surface area contributed by atoms with Crippen molar-refractivity contribution >= 4 is 5.69 Å². The zero-order valence-electron chi connectivity index (χ0n) is 13.1. The van der Waals surface area contributed by atoms with E-state index >= 15 is 0 Å². The standard InChI is InChI=1S/C17H27N3O/c1-3-16(18-4-2)17-8-7-14(11-19-17)20-12-5-6-13(20)10-15(21)9-12/h7-8,11-13,15-16,18,21H,3-6,9-10H2,1-2H3. The molecule has 0 aliphatic carbocycles. The molecule has 0 aromatic carbocycles. The Morgan fingerprint density at radius 3 is 2.52 bits per heavy atom. The Morgan fingerprint density at radius 2 is 2.00 bits per heavy atom. The third-order valence-corrected chi connectivity index (χ3v) is 4.99. The van der Waals surface area contributed by atoms with E-state index in [0.717, 1.165) is 31.5 Å². The number of piperidine rings is 1. The number of nitrogens with zero attached hydrogens (tertiary/aromatic N) is 2. The quantitative estimate of drug-likeness (QED) is 0.875. The van der Waals surface area contributed by atoms with Crippen molar-refractivity contribution in [1.29, 1.82) is 0 Å². The molecule has 4 heteroatoms. The first-order valence-corrected chi connectivity index (χ1v) is 8.38. The Bertz CT molecular complexity index is 448. The van der Waals surface area contributed by atoms with Gasteiger partial charge in [-0.1, -0.05) is 13.8 Å². The van der Waals surface area contributed by atoms with Gasteiger partial charge in [0.05, 0.1) is 23.7 Å². The first-order valence-electron chi connectivity index (χ1n) is 8.38. The number of hydrogen-bond acceptors (Lipinski definition) is 4. The molecule has 3 atom stereocenters. The molecular formula is C17H27N3O. The van der Waals surface area contributed by atoms with Crippen molar-refractivity contribution in [2.75, 3.05) is 11.4 Å². The Morgan fingerprint density at radius 1 is 1.29 bits per heavy atom. The number of hydrogen-bond donors (Lipinski definition) is 2. The molecule has 2 bridgehead atoms. The van der Waals surface area contributed by atoms with Crippen molar-refractivity contribution in [3.8, 4) is 0 Å². The molecule has 1 aromatic heterocycles. The Hall–Kier alpha value is -1.13. The van der Waals surface area contributed by atoms with Crippen LogP contribution in [0.1, 0.15) is 57.7 Å². The highest BCUT2D eigenvalue weighted by Crippen LogP contribution is 2.39. The van der Waals surface area contributed by atoms with Crippen LogP contribution in [0.3, 0.4) is 0 Å². The zero-order chi connectivity index (χ0) is 14.8. The summed E-state index contributed by atoms with van der Waals surface area (Å²) in [6.07, 6.45) is 7.21. The average Bonchev–Trinajstić information content (AvgIpc) is 2.77. The lowest BCUT2D eigenvalue weighted by Crippen LogP contribution is -2.44. The molecule has 3 heterocycles. The monoisotopic (exact) mass is 289 g/mol. The van der Waals surface area contributed by atoms with Crippen LogP contribution in [0.25, 0.3) is 0 Å². The molecule has 0 saturated carbocycles. The summed E-state index contributed by atoms with van der Waals surface area (Å²) in [5.41, 5.74) is 2.36. The van der Waals surface area contributed by atoms with Gasteiger partial charge in [-0.05, 0) is 50.8 Å². The fraction of sp³-hybridized carbons (Fsp3) is 0.706. The van der Waals surface area contributed by atoms with Crippen LogP contribution < -0.4 is 10.2 Å². The second-order valence-corrected chi connectivity index (χ2v) is 6.38. The first-order chi connectivity index (χ1) is 10.2. The van der Waals surface area contributed by atoms with Crippen LogP contribution in [0.4, 0.5) is 5.69 Å². The lowest BCUT2D eigenvalue weighted by Gasteiger charge is -2.38. The van der Waals surface area contributed by atoms with E-state index in [1.54, 1.807) is 0 Å². The Labute approximate surface area is 127 Å². The third-order valence-electron chi connectivity index (χ3n) is 4.99. The maximum atomic E-state index is 9.91. The minimum atomic E-state index is -0.107. The molecule has 2 N–H and O–H groups in total. The predicted octanol–water partition coefficient (Wildman–Crippen LogP) is 2.63. The minimum absolute atomic E-state index is 0.107. The second-order valence-electron chi connectivity index (χ2n) is 6.38. The largest absolute Gasteiger partial charge is 0.393 e. The Kier molecular flexibility index (Phi) is 4.45. The fourth-order valence-corrected chi connectivity index (χ4v) is 4.03. The summed E-state index contributed by atoms with van der Waals surface area (Å²) in [6.45, 7) is 5.29.